The molecule has 0 aromatic carbocycles. The van der Waals surface area contributed by atoms with Crippen molar-refractivity contribution in [1.29, 1.82) is 0 Å². The van der Waals surface area contributed by atoms with E-state index in [1.807, 2.05) is 0 Å². The molecule has 0 radical (unpaired) electrons. The Morgan fingerprint density at radius 3 is 2.67 bits per heavy atom. The summed E-state index contributed by atoms with van der Waals surface area (Å²) in [6.45, 7) is 9.33. The first-order valence-electron chi connectivity index (χ1n) is 7.25. The van der Waals surface area contributed by atoms with Crippen LogP contribution in [0.25, 0.3) is 0 Å². The molecule has 1 fully saturated rings. The Kier molecular flexibility index (Phi) is 8.01. The molecule has 1 heterocycles. The lowest BCUT2D eigenvalue weighted by atomic mass is 10.1. The fourth-order valence-corrected chi connectivity index (χ4v) is 2.15. The highest BCUT2D eigenvalue weighted by atomic mass is 16.5. The first-order chi connectivity index (χ1) is 8.68. The molecule has 1 aliphatic rings. The second-order valence-corrected chi connectivity index (χ2v) is 5.51. The first kappa shape index (κ1) is 15.4. The van der Waals surface area contributed by atoms with E-state index in [0.29, 0.717) is 12.5 Å². The number of carbonyl (C=O) groups excluding carboxylic acids is 1. The van der Waals surface area contributed by atoms with Gasteiger partial charge in [-0.15, -0.1) is 0 Å². The second kappa shape index (κ2) is 9.34. The minimum atomic E-state index is 0.00861. The molecule has 1 saturated heterocycles. The fourth-order valence-electron chi connectivity index (χ4n) is 2.15. The van der Waals surface area contributed by atoms with Crippen LogP contribution in [-0.2, 0) is 9.53 Å². The van der Waals surface area contributed by atoms with Crippen LogP contribution in [0, 0.1) is 5.92 Å². The Hall–Kier alpha value is -0.610. The van der Waals surface area contributed by atoms with Gasteiger partial charge in [-0.25, -0.2) is 0 Å². The second-order valence-electron chi connectivity index (χ2n) is 5.51. The number of nitrogens with zero attached hydrogens (tertiary/aromatic N) is 1. The molecule has 0 aromatic heterocycles. The number of carbonyl (C=O) groups is 1. The Balaban J connectivity index is 1.91. The van der Waals surface area contributed by atoms with E-state index in [2.05, 4.69) is 24.1 Å². The zero-order valence-corrected chi connectivity index (χ0v) is 11.9. The maximum Gasteiger partial charge on any atom is 0.245 e. The molecule has 4 nitrogen and oxygen atoms in total. The van der Waals surface area contributed by atoms with E-state index in [4.69, 9.17) is 4.74 Å². The van der Waals surface area contributed by atoms with Crippen LogP contribution < -0.4 is 5.32 Å². The lowest BCUT2D eigenvalue weighted by Gasteiger charge is -2.26. The Bertz CT molecular complexity index is 226. The third-order valence-electron chi connectivity index (χ3n) is 3.11. The van der Waals surface area contributed by atoms with Crippen molar-refractivity contribution in [3.63, 3.8) is 0 Å². The zero-order chi connectivity index (χ0) is 13.2. The van der Waals surface area contributed by atoms with E-state index in [1.165, 1.54) is 32.4 Å². The largest absolute Gasteiger partial charge is 0.371 e. The molecule has 0 bridgehead atoms. The summed E-state index contributed by atoms with van der Waals surface area (Å²) >= 11 is 0. The first-order valence-corrected chi connectivity index (χ1v) is 7.25. The fraction of sp³-hybridized carbons (Fsp3) is 0.929. The predicted octanol–water partition coefficient (Wildman–Crippen LogP) is 1.65. The molecular weight excluding hydrogens is 228 g/mol. The smallest absolute Gasteiger partial charge is 0.245 e. The van der Waals surface area contributed by atoms with Crippen LogP contribution in [0.15, 0.2) is 0 Å². The molecular formula is C14H28N2O2. The maximum atomic E-state index is 11.4. The average molecular weight is 256 g/mol. The summed E-state index contributed by atoms with van der Waals surface area (Å²) in [5.74, 6) is 0.492. The third-order valence-corrected chi connectivity index (χ3v) is 3.11. The lowest BCUT2D eigenvalue weighted by molar-refractivity contribution is -0.126. The van der Waals surface area contributed by atoms with Gasteiger partial charge < -0.3 is 15.0 Å². The Morgan fingerprint density at radius 1 is 1.28 bits per heavy atom. The van der Waals surface area contributed by atoms with Gasteiger partial charge in [-0.05, 0) is 44.8 Å². The third kappa shape index (κ3) is 7.67. The summed E-state index contributed by atoms with van der Waals surface area (Å²) in [5.41, 5.74) is 0. The molecule has 1 amide bonds. The monoisotopic (exact) mass is 256 g/mol. The molecule has 0 spiro atoms. The van der Waals surface area contributed by atoms with Crippen molar-refractivity contribution in [1.82, 2.24) is 10.2 Å². The molecule has 0 aromatic rings. The number of hydrogen-bond donors (Lipinski definition) is 1. The summed E-state index contributed by atoms with van der Waals surface area (Å²) in [6, 6.07) is 0. The van der Waals surface area contributed by atoms with Crippen molar-refractivity contribution >= 4 is 5.91 Å². The molecule has 18 heavy (non-hydrogen) atoms. The van der Waals surface area contributed by atoms with Crippen LogP contribution in [0.3, 0.4) is 0 Å². The van der Waals surface area contributed by atoms with Gasteiger partial charge in [0, 0.05) is 13.2 Å². The van der Waals surface area contributed by atoms with E-state index in [1.54, 1.807) is 0 Å². The van der Waals surface area contributed by atoms with Crippen molar-refractivity contribution in [3.05, 3.63) is 0 Å². The standard InChI is InChI=1S/C14H28N2O2/c1-13(2)11-18-12-14(17)15-7-6-10-16-8-4-3-5-9-16/h13H,3-12H2,1-2H3,(H,15,17). The number of nitrogens with one attached hydrogen (secondary N) is 1. The highest BCUT2D eigenvalue weighted by Gasteiger charge is 2.09. The molecule has 0 saturated carbocycles. The number of amides is 1. The molecule has 1 aliphatic heterocycles. The minimum absolute atomic E-state index is 0.00861. The number of hydrogen-bond acceptors (Lipinski definition) is 3. The predicted molar refractivity (Wildman–Crippen MR) is 73.6 cm³/mol. The van der Waals surface area contributed by atoms with E-state index in [9.17, 15) is 4.79 Å². The topological polar surface area (TPSA) is 41.6 Å². The molecule has 1 N–H and O–H groups in total. The zero-order valence-electron chi connectivity index (χ0n) is 11.9. The van der Waals surface area contributed by atoms with Gasteiger partial charge in [0.25, 0.3) is 0 Å². The van der Waals surface area contributed by atoms with Gasteiger partial charge >= 0.3 is 0 Å². The molecule has 0 unspecified atom stereocenters. The molecule has 4 heteroatoms. The Morgan fingerprint density at radius 2 is 2.00 bits per heavy atom. The van der Waals surface area contributed by atoms with Gasteiger partial charge in [0.05, 0.1) is 0 Å². The van der Waals surface area contributed by atoms with Gasteiger partial charge in [0.2, 0.25) is 5.91 Å². The van der Waals surface area contributed by atoms with E-state index >= 15 is 0 Å². The van der Waals surface area contributed by atoms with Crippen LogP contribution >= 0.6 is 0 Å². The van der Waals surface area contributed by atoms with Crippen LogP contribution in [0.5, 0.6) is 0 Å². The van der Waals surface area contributed by atoms with Crippen LogP contribution in [0.1, 0.15) is 39.5 Å². The van der Waals surface area contributed by atoms with Gasteiger partial charge in [0.15, 0.2) is 0 Å². The van der Waals surface area contributed by atoms with Crippen molar-refractivity contribution in [2.24, 2.45) is 5.92 Å². The molecule has 0 atom stereocenters. The van der Waals surface area contributed by atoms with Gasteiger partial charge in [-0.1, -0.05) is 20.3 Å². The lowest BCUT2D eigenvalue weighted by Crippen LogP contribution is -2.34. The van der Waals surface area contributed by atoms with Crippen LogP contribution in [0.4, 0.5) is 0 Å². The van der Waals surface area contributed by atoms with E-state index in [-0.39, 0.29) is 12.5 Å². The van der Waals surface area contributed by atoms with Gasteiger partial charge in [-0.3, -0.25) is 4.79 Å². The summed E-state index contributed by atoms with van der Waals surface area (Å²) < 4.78 is 5.28. The van der Waals surface area contributed by atoms with Crippen molar-refractivity contribution in [3.8, 4) is 0 Å². The maximum absolute atomic E-state index is 11.4. The number of ether oxygens (including phenoxy) is 1. The highest BCUT2D eigenvalue weighted by Crippen LogP contribution is 2.08. The average Bonchev–Trinajstić information content (AvgIpc) is 2.35. The van der Waals surface area contributed by atoms with Crippen LogP contribution in [0.2, 0.25) is 0 Å². The summed E-state index contributed by atoms with van der Waals surface area (Å²) in [6.07, 6.45) is 5.07. The van der Waals surface area contributed by atoms with Gasteiger partial charge in [0.1, 0.15) is 6.61 Å². The van der Waals surface area contributed by atoms with Gasteiger partial charge in [-0.2, -0.15) is 0 Å². The summed E-state index contributed by atoms with van der Waals surface area (Å²) in [4.78, 5) is 13.9. The summed E-state index contributed by atoms with van der Waals surface area (Å²) in [5, 5.41) is 2.91. The highest BCUT2D eigenvalue weighted by molar-refractivity contribution is 5.77. The molecule has 1 rings (SSSR count). The summed E-state index contributed by atoms with van der Waals surface area (Å²) in [7, 11) is 0. The molecule has 106 valence electrons. The van der Waals surface area contributed by atoms with E-state index < -0.39 is 0 Å². The molecule has 0 aliphatic carbocycles. The van der Waals surface area contributed by atoms with Crippen molar-refractivity contribution in [2.45, 2.75) is 39.5 Å². The van der Waals surface area contributed by atoms with E-state index in [0.717, 1.165) is 19.5 Å². The minimum Gasteiger partial charge on any atom is -0.371 e. The number of piperidine rings is 1. The normalized spacial score (nSPS) is 17.1. The number of likely N-dealkylation sites (tertiary alicyclic amines) is 1. The number of rotatable bonds is 8. The quantitative estimate of drug-likeness (QED) is 0.671. The van der Waals surface area contributed by atoms with Crippen molar-refractivity contribution in [2.75, 3.05) is 39.4 Å². The SMILES string of the molecule is CC(C)COCC(=O)NCCCN1CCCCC1. The Labute approximate surface area is 111 Å². The van der Waals surface area contributed by atoms with Crippen LogP contribution in [-0.4, -0.2) is 50.2 Å². The van der Waals surface area contributed by atoms with Crippen molar-refractivity contribution < 1.29 is 9.53 Å².